The molecule has 0 saturated carbocycles. The molecule has 0 aromatic heterocycles. The van der Waals surface area contributed by atoms with Gasteiger partial charge in [-0.25, -0.2) is 0 Å². The Kier molecular flexibility index (Phi) is 4.07. The van der Waals surface area contributed by atoms with Gasteiger partial charge in [0.05, 0.1) is 18.9 Å². The summed E-state index contributed by atoms with van der Waals surface area (Å²) in [6.07, 6.45) is 1.61. The summed E-state index contributed by atoms with van der Waals surface area (Å²) in [5.74, 6) is -0.430. The fraction of sp³-hybridized carbons (Fsp3) is 0.769. The standard InChI is InChI=1S/C13H20N2O4/c1-14-8-10(7-11(14)16)12(17)15-5-3-9(4-6-15)13(18)19-2/h9-10H,3-8H2,1-2H3/t10-/m1/s1. The van der Waals surface area contributed by atoms with E-state index in [1.54, 1.807) is 16.8 Å². The monoisotopic (exact) mass is 268 g/mol. The SMILES string of the molecule is COC(=O)C1CCN(C(=O)[C@@H]2CC(=O)N(C)C2)CC1. The summed E-state index contributed by atoms with van der Waals surface area (Å²) in [5, 5.41) is 0. The molecular weight excluding hydrogens is 248 g/mol. The summed E-state index contributed by atoms with van der Waals surface area (Å²) in [4.78, 5) is 38.5. The maximum Gasteiger partial charge on any atom is 0.308 e. The molecule has 0 aliphatic carbocycles. The zero-order chi connectivity index (χ0) is 14.0. The van der Waals surface area contributed by atoms with Crippen molar-refractivity contribution in [2.45, 2.75) is 19.3 Å². The average molecular weight is 268 g/mol. The van der Waals surface area contributed by atoms with Gasteiger partial charge in [-0.15, -0.1) is 0 Å². The molecule has 0 N–H and O–H groups in total. The van der Waals surface area contributed by atoms with E-state index in [1.165, 1.54) is 7.11 Å². The predicted molar refractivity (Wildman–Crippen MR) is 67.1 cm³/mol. The second-order valence-corrected chi connectivity index (χ2v) is 5.30. The smallest absolute Gasteiger partial charge is 0.308 e. The first-order chi connectivity index (χ1) is 9.02. The fourth-order valence-corrected chi connectivity index (χ4v) is 2.79. The van der Waals surface area contributed by atoms with Crippen molar-refractivity contribution >= 4 is 17.8 Å². The number of carbonyl (C=O) groups excluding carboxylic acids is 3. The van der Waals surface area contributed by atoms with Crippen molar-refractivity contribution in [2.75, 3.05) is 33.8 Å². The Morgan fingerprint density at radius 1 is 1.21 bits per heavy atom. The molecule has 2 aliphatic rings. The minimum Gasteiger partial charge on any atom is -0.469 e. The Labute approximate surface area is 112 Å². The number of rotatable bonds is 2. The van der Waals surface area contributed by atoms with Gasteiger partial charge in [0.15, 0.2) is 0 Å². The minimum atomic E-state index is -0.216. The molecule has 6 nitrogen and oxygen atoms in total. The summed E-state index contributed by atoms with van der Waals surface area (Å²) in [6, 6.07) is 0. The van der Waals surface area contributed by atoms with Gasteiger partial charge in [-0.05, 0) is 12.8 Å². The second kappa shape index (κ2) is 5.59. The molecule has 0 unspecified atom stereocenters. The van der Waals surface area contributed by atoms with Crippen LogP contribution < -0.4 is 0 Å². The third kappa shape index (κ3) is 2.88. The Hall–Kier alpha value is -1.59. The molecule has 0 aromatic rings. The van der Waals surface area contributed by atoms with Crippen LogP contribution in [0, 0.1) is 11.8 Å². The number of amides is 2. The molecule has 106 valence electrons. The summed E-state index contributed by atoms with van der Waals surface area (Å²) < 4.78 is 4.72. The van der Waals surface area contributed by atoms with Gasteiger partial charge in [0.1, 0.15) is 0 Å². The van der Waals surface area contributed by atoms with Crippen LogP contribution >= 0.6 is 0 Å². The van der Waals surface area contributed by atoms with E-state index >= 15 is 0 Å². The van der Waals surface area contributed by atoms with E-state index in [-0.39, 0.29) is 29.6 Å². The molecule has 0 radical (unpaired) electrons. The maximum atomic E-state index is 12.3. The molecule has 0 bridgehead atoms. The fourth-order valence-electron chi connectivity index (χ4n) is 2.79. The molecule has 0 spiro atoms. The normalized spacial score (nSPS) is 24.7. The third-order valence-electron chi connectivity index (χ3n) is 4.03. The van der Waals surface area contributed by atoms with Crippen molar-refractivity contribution in [3.8, 4) is 0 Å². The zero-order valence-corrected chi connectivity index (χ0v) is 11.4. The van der Waals surface area contributed by atoms with E-state index in [9.17, 15) is 14.4 Å². The molecule has 2 fully saturated rings. The van der Waals surface area contributed by atoms with Crippen LogP contribution in [-0.2, 0) is 19.1 Å². The quantitative estimate of drug-likeness (QED) is 0.655. The van der Waals surface area contributed by atoms with Gasteiger partial charge in [-0.2, -0.15) is 0 Å². The van der Waals surface area contributed by atoms with Crippen molar-refractivity contribution in [2.24, 2.45) is 11.8 Å². The van der Waals surface area contributed by atoms with E-state index in [4.69, 9.17) is 4.74 Å². The highest BCUT2D eigenvalue weighted by Crippen LogP contribution is 2.23. The van der Waals surface area contributed by atoms with Crippen molar-refractivity contribution in [3.05, 3.63) is 0 Å². The van der Waals surface area contributed by atoms with Crippen LogP contribution in [0.1, 0.15) is 19.3 Å². The first kappa shape index (κ1) is 13.8. The molecule has 2 aliphatic heterocycles. The van der Waals surface area contributed by atoms with E-state index < -0.39 is 0 Å². The highest BCUT2D eigenvalue weighted by atomic mass is 16.5. The minimum absolute atomic E-state index is 0.0304. The number of hydrogen-bond acceptors (Lipinski definition) is 4. The van der Waals surface area contributed by atoms with Crippen LogP contribution in [0.4, 0.5) is 0 Å². The molecule has 2 amide bonds. The summed E-state index contributed by atoms with van der Waals surface area (Å²) in [5.41, 5.74) is 0. The molecule has 1 atom stereocenters. The maximum absolute atomic E-state index is 12.3. The van der Waals surface area contributed by atoms with Crippen LogP contribution in [0.25, 0.3) is 0 Å². The van der Waals surface area contributed by atoms with Gasteiger partial charge in [0, 0.05) is 33.1 Å². The average Bonchev–Trinajstić information content (AvgIpc) is 2.77. The Morgan fingerprint density at radius 3 is 2.32 bits per heavy atom. The largest absolute Gasteiger partial charge is 0.469 e. The molecule has 0 aromatic carbocycles. The number of hydrogen-bond donors (Lipinski definition) is 0. The van der Waals surface area contributed by atoms with Crippen LogP contribution in [0.3, 0.4) is 0 Å². The van der Waals surface area contributed by atoms with Crippen LogP contribution in [0.5, 0.6) is 0 Å². The number of piperidine rings is 1. The summed E-state index contributed by atoms with van der Waals surface area (Å²) in [7, 11) is 3.11. The third-order valence-corrected chi connectivity index (χ3v) is 4.03. The van der Waals surface area contributed by atoms with Gasteiger partial charge in [0.2, 0.25) is 11.8 Å². The van der Waals surface area contributed by atoms with Crippen molar-refractivity contribution in [1.82, 2.24) is 9.80 Å². The van der Waals surface area contributed by atoms with E-state index in [0.29, 0.717) is 38.9 Å². The number of likely N-dealkylation sites (tertiary alicyclic amines) is 2. The number of ether oxygens (including phenoxy) is 1. The zero-order valence-electron chi connectivity index (χ0n) is 11.4. The first-order valence-electron chi connectivity index (χ1n) is 6.63. The molecule has 2 rings (SSSR count). The Morgan fingerprint density at radius 2 is 1.84 bits per heavy atom. The Bertz CT molecular complexity index is 388. The lowest BCUT2D eigenvalue weighted by Crippen LogP contribution is -2.43. The highest BCUT2D eigenvalue weighted by Gasteiger charge is 2.36. The lowest BCUT2D eigenvalue weighted by molar-refractivity contribution is -0.149. The first-order valence-corrected chi connectivity index (χ1v) is 6.63. The highest BCUT2D eigenvalue weighted by molar-refractivity contribution is 5.89. The molecule has 6 heteroatoms. The molecule has 19 heavy (non-hydrogen) atoms. The van der Waals surface area contributed by atoms with Crippen molar-refractivity contribution in [1.29, 1.82) is 0 Å². The predicted octanol–water partition coefficient (Wildman–Crippen LogP) is -0.124. The van der Waals surface area contributed by atoms with Crippen molar-refractivity contribution in [3.63, 3.8) is 0 Å². The lowest BCUT2D eigenvalue weighted by atomic mass is 9.95. The van der Waals surface area contributed by atoms with E-state index in [2.05, 4.69) is 0 Å². The molecular formula is C13H20N2O4. The molecule has 2 saturated heterocycles. The second-order valence-electron chi connectivity index (χ2n) is 5.30. The van der Waals surface area contributed by atoms with Crippen LogP contribution in [-0.4, -0.2) is 61.4 Å². The van der Waals surface area contributed by atoms with Gasteiger partial charge < -0.3 is 14.5 Å². The van der Waals surface area contributed by atoms with Gasteiger partial charge in [0.25, 0.3) is 0 Å². The number of methoxy groups -OCH3 is 1. The number of carbonyl (C=O) groups is 3. The molecule has 2 heterocycles. The van der Waals surface area contributed by atoms with E-state index in [0.717, 1.165) is 0 Å². The van der Waals surface area contributed by atoms with Crippen molar-refractivity contribution < 1.29 is 19.1 Å². The number of esters is 1. The summed E-state index contributed by atoms with van der Waals surface area (Å²) in [6.45, 7) is 1.66. The Balaban J connectivity index is 1.86. The summed E-state index contributed by atoms with van der Waals surface area (Å²) >= 11 is 0. The van der Waals surface area contributed by atoms with Crippen LogP contribution in [0.2, 0.25) is 0 Å². The van der Waals surface area contributed by atoms with Gasteiger partial charge in [-0.3, -0.25) is 14.4 Å². The van der Waals surface area contributed by atoms with Gasteiger partial charge in [-0.1, -0.05) is 0 Å². The van der Waals surface area contributed by atoms with Gasteiger partial charge >= 0.3 is 5.97 Å². The van der Waals surface area contributed by atoms with Crippen LogP contribution in [0.15, 0.2) is 0 Å². The topological polar surface area (TPSA) is 66.9 Å². The lowest BCUT2D eigenvalue weighted by Gasteiger charge is -2.32. The number of nitrogens with zero attached hydrogens (tertiary/aromatic N) is 2. The van der Waals surface area contributed by atoms with E-state index in [1.807, 2.05) is 0 Å².